The topological polar surface area (TPSA) is 42.2 Å². The first kappa shape index (κ1) is 14.2. The van der Waals surface area contributed by atoms with E-state index in [0.29, 0.717) is 18.4 Å². The summed E-state index contributed by atoms with van der Waals surface area (Å²) in [4.78, 5) is 12.3. The molecule has 0 spiro atoms. The van der Waals surface area contributed by atoms with Gasteiger partial charge >= 0.3 is 0 Å². The molecule has 1 N–H and O–H groups in total. The lowest BCUT2D eigenvalue weighted by Crippen LogP contribution is -2.41. The smallest absolute Gasteiger partial charge is 0.224 e. The fourth-order valence-corrected chi connectivity index (χ4v) is 3.29. The maximum absolute atomic E-state index is 12.3. The molecule has 1 aromatic carbocycles. The highest BCUT2D eigenvalue weighted by Gasteiger charge is 2.23. The van der Waals surface area contributed by atoms with E-state index in [0.717, 1.165) is 23.0 Å². The van der Waals surface area contributed by atoms with Gasteiger partial charge in [0.2, 0.25) is 5.91 Å². The first-order valence-electron chi connectivity index (χ1n) is 7.89. The fraction of sp³-hybridized carbons (Fsp3) is 0.500. The van der Waals surface area contributed by atoms with Crippen molar-refractivity contribution in [3.8, 4) is 0 Å². The van der Waals surface area contributed by atoms with E-state index in [1.165, 1.54) is 24.8 Å². The van der Waals surface area contributed by atoms with E-state index in [9.17, 15) is 4.79 Å². The average molecular weight is 285 g/mol. The zero-order chi connectivity index (χ0) is 14.8. The summed E-state index contributed by atoms with van der Waals surface area (Å²) in [6, 6.07) is 6.45. The van der Waals surface area contributed by atoms with Crippen LogP contribution in [0, 0.1) is 12.8 Å². The minimum Gasteiger partial charge on any atom is -0.464 e. The molecule has 3 rings (SSSR count). The number of rotatable bonds is 3. The van der Waals surface area contributed by atoms with Crippen molar-refractivity contribution in [3.05, 3.63) is 35.6 Å². The molecular formula is C18H23NO2. The Kier molecular flexibility index (Phi) is 4.00. The number of amides is 1. The van der Waals surface area contributed by atoms with E-state index in [1.54, 1.807) is 6.26 Å². The minimum atomic E-state index is 0.108. The molecule has 1 heterocycles. The van der Waals surface area contributed by atoms with Crippen LogP contribution in [0.1, 0.15) is 43.7 Å². The van der Waals surface area contributed by atoms with Gasteiger partial charge in [-0.15, -0.1) is 0 Å². The zero-order valence-electron chi connectivity index (χ0n) is 12.8. The van der Waals surface area contributed by atoms with Crippen LogP contribution in [0.5, 0.6) is 0 Å². The Bertz CT molecular complexity index is 644. The Balaban J connectivity index is 1.68. The van der Waals surface area contributed by atoms with Crippen LogP contribution in [0.4, 0.5) is 0 Å². The number of carbonyl (C=O) groups is 1. The average Bonchev–Trinajstić information content (AvgIpc) is 2.83. The molecule has 0 radical (unpaired) electrons. The molecule has 0 bridgehead atoms. The number of fused-ring (bicyclic) bond motifs is 1. The molecule has 1 aromatic heterocycles. The Labute approximate surface area is 125 Å². The van der Waals surface area contributed by atoms with Crippen molar-refractivity contribution in [1.82, 2.24) is 5.32 Å². The predicted molar refractivity (Wildman–Crippen MR) is 84.2 cm³/mol. The van der Waals surface area contributed by atoms with E-state index in [4.69, 9.17) is 4.42 Å². The van der Waals surface area contributed by atoms with Crippen molar-refractivity contribution in [2.45, 2.75) is 52.0 Å². The van der Waals surface area contributed by atoms with Crippen molar-refractivity contribution in [3.63, 3.8) is 0 Å². The Morgan fingerprint density at radius 3 is 2.95 bits per heavy atom. The van der Waals surface area contributed by atoms with Crippen molar-refractivity contribution in [1.29, 1.82) is 0 Å². The SMILES string of the molecule is Cc1ccc2c(CC(=O)NC3CCCCC3C)coc2c1. The Morgan fingerprint density at radius 2 is 2.14 bits per heavy atom. The number of furan rings is 1. The molecule has 112 valence electrons. The van der Waals surface area contributed by atoms with Crippen LogP contribution in [0.3, 0.4) is 0 Å². The van der Waals surface area contributed by atoms with Gasteiger partial charge in [-0.3, -0.25) is 4.79 Å². The summed E-state index contributed by atoms with van der Waals surface area (Å²) in [6.07, 6.45) is 6.97. The predicted octanol–water partition coefficient (Wildman–Crippen LogP) is 3.98. The number of aryl methyl sites for hydroxylation is 1. The van der Waals surface area contributed by atoms with Gasteiger partial charge in [0.15, 0.2) is 0 Å². The summed E-state index contributed by atoms with van der Waals surface area (Å²) < 4.78 is 5.56. The van der Waals surface area contributed by atoms with E-state index in [-0.39, 0.29) is 5.91 Å². The zero-order valence-corrected chi connectivity index (χ0v) is 12.8. The van der Waals surface area contributed by atoms with Crippen molar-refractivity contribution >= 4 is 16.9 Å². The lowest BCUT2D eigenvalue weighted by atomic mass is 9.86. The van der Waals surface area contributed by atoms with Crippen molar-refractivity contribution < 1.29 is 9.21 Å². The molecule has 0 aliphatic heterocycles. The van der Waals surface area contributed by atoms with Crippen molar-refractivity contribution in [2.75, 3.05) is 0 Å². The molecule has 1 aliphatic carbocycles. The molecule has 1 amide bonds. The van der Waals surface area contributed by atoms with Gasteiger partial charge in [0.1, 0.15) is 5.58 Å². The first-order chi connectivity index (χ1) is 10.1. The van der Waals surface area contributed by atoms with E-state index in [2.05, 4.69) is 18.3 Å². The van der Waals surface area contributed by atoms with Gasteiger partial charge in [-0.2, -0.15) is 0 Å². The van der Waals surface area contributed by atoms with Gasteiger partial charge in [0.05, 0.1) is 12.7 Å². The largest absolute Gasteiger partial charge is 0.464 e. The number of nitrogens with one attached hydrogen (secondary N) is 1. The maximum Gasteiger partial charge on any atom is 0.224 e. The second-order valence-corrected chi connectivity index (χ2v) is 6.37. The molecule has 1 fully saturated rings. The van der Waals surface area contributed by atoms with Crippen LogP contribution in [0.25, 0.3) is 11.0 Å². The summed E-state index contributed by atoms with van der Waals surface area (Å²) in [5.74, 6) is 0.698. The molecule has 2 unspecified atom stereocenters. The van der Waals surface area contributed by atoms with Crippen LogP contribution in [-0.4, -0.2) is 11.9 Å². The van der Waals surface area contributed by atoms with Gasteiger partial charge in [0.25, 0.3) is 0 Å². The third-order valence-electron chi connectivity index (χ3n) is 4.62. The van der Waals surface area contributed by atoms with Crippen LogP contribution < -0.4 is 5.32 Å². The fourth-order valence-electron chi connectivity index (χ4n) is 3.29. The second-order valence-electron chi connectivity index (χ2n) is 6.37. The Hall–Kier alpha value is -1.77. The highest BCUT2D eigenvalue weighted by molar-refractivity contribution is 5.88. The molecule has 21 heavy (non-hydrogen) atoms. The normalized spacial score (nSPS) is 22.4. The molecule has 3 nitrogen and oxygen atoms in total. The third-order valence-corrected chi connectivity index (χ3v) is 4.62. The molecule has 1 saturated carbocycles. The molecule has 3 heteroatoms. The van der Waals surface area contributed by atoms with Crippen LogP contribution >= 0.6 is 0 Å². The van der Waals surface area contributed by atoms with Gasteiger partial charge in [-0.1, -0.05) is 31.9 Å². The maximum atomic E-state index is 12.3. The minimum absolute atomic E-state index is 0.108. The second kappa shape index (κ2) is 5.92. The van der Waals surface area contributed by atoms with Crippen molar-refractivity contribution in [2.24, 2.45) is 5.92 Å². The Morgan fingerprint density at radius 1 is 1.33 bits per heavy atom. The standard InChI is InChI=1S/C18H23NO2/c1-12-7-8-15-14(11-21-17(15)9-12)10-18(20)19-16-6-4-3-5-13(16)2/h7-9,11,13,16H,3-6,10H2,1-2H3,(H,19,20). The lowest BCUT2D eigenvalue weighted by molar-refractivity contribution is -0.121. The lowest BCUT2D eigenvalue weighted by Gasteiger charge is -2.29. The first-order valence-corrected chi connectivity index (χ1v) is 7.89. The molecule has 1 aliphatic rings. The van der Waals surface area contributed by atoms with Gasteiger partial charge in [-0.05, 0) is 37.3 Å². The van der Waals surface area contributed by atoms with Gasteiger partial charge in [-0.25, -0.2) is 0 Å². The van der Waals surface area contributed by atoms with Crippen LogP contribution in [0.2, 0.25) is 0 Å². The van der Waals surface area contributed by atoms with E-state index < -0.39 is 0 Å². The summed E-state index contributed by atoms with van der Waals surface area (Å²) in [5.41, 5.74) is 3.01. The highest BCUT2D eigenvalue weighted by atomic mass is 16.3. The monoisotopic (exact) mass is 285 g/mol. The number of hydrogen-bond acceptors (Lipinski definition) is 2. The molecule has 2 atom stereocenters. The summed E-state index contributed by atoms with van der Waals surface area (Å²) in [7, 11) is 0. The van der Waals surface area contributed by atoms with Crippen LogP contribution in [-0.2, 0) is 11.2 Å². The number of hydrogen-bond donors (Lipinski definition) is 1. The molecule has 2 aromatic rings. The number of benzene rings is 1. The number of carbonyl (C=O) groups excluding carboxylic acids is 1. The van der Waals surface area contributed by atoms with E-state index in [1.807, 2.05) is 19.1 Å². The summed E-state index contributed by atoms with van der Waals surface area (Å²) in [6.45, 7) is 4.28. The third kappa shape index (κ3) is 3.12. The van der Waals surface area contributed by atoms with Crippen LogP contribution in [0.15, 0.2) is 28.9 Å². The highest BCUT2D eigenvalue weighted by Crippen LogP contribution is 2.25. The van der Waals surface area contributed by atoms with E-state index >= 15 is 0 Å². The molecular weight excluding hydrogens is 262 g/mol. The summed E-state index contributed by atoms with van der Waals surface area (Å²) in [5, 5.41) is 4.25. The summed E-state index contributed by atoms with van der Waals surface area (Å²) >= 11 is 0. The quantitative estimate of drug-likeness (QED) is 0.927. The molecule has 0 saturated heterocycles. The van der Waals surface area contributed by atoms with Gasteiger partial charge < -0.3 is 9.73 Å². The van der Waals surface area contributed by atoms with Gasteiger partial charge in [0, 0.05) is 17.0 Å².